The normalized spacial score (nSPS) is 22.3. The first-order valence-electron chi connectivity index (χ1n) is 5.37. The van der Waals surface area contributed by atoms with Gasteiger partial charge >= 0.3 is 0 Å². The third-order valence-electron chi connectivity index (χ3n) is 2.94. The summed E-state index contributed by atoms with van der Waals surface area (Å²) in [5.41, 5.74) is 7.34. The largest absolute Gasteiger partial charge is 0.329 e. The zero-order chi connectivity index (χ0) is 9.97. The van der Waals surface area contributed by atoms with Gasteiger partial charge in [0.05, 0.1) is 0 Å². The Labute approximate surface area is 89.7 Å². The molecule has 1 aliphatic heterocycles. The molecule has 0 bridgehead atoms. The number of nitrogens with zero attached hydrogens (tertiary/aromatic N) is 1. The Bertz CT molecular complexity index is 295. The monoisotopic (exact) mass is 210 g/mol. The van der Waals surface area contributed by atoms with E-state index in [2.05, 4.69) is 23.3 Å². The minimum Gasteiger partial charge on any atom is -0.329 e. The maximum Gasteiger partial charge on any atom is 0.0481 e. The van der Waals surface area contributed by atoms with Crippen LogP contribution < -0.4 is 5.73 Å². The molecule has 1 aromatic heterocycles. The molecule has 2 rings (SSSR count). The van der Waals surface area contributed by atoms with Gasteiger partial charge in [-0.15, -0.1) is 11.3 Å². The van der Waals surface area contributed by atoms with Gasteiger partial charge in [0, 0.05) is 24.0 Å². The Hall–Kier alpha value is -0.380. The second kappa shape index (κ2) is 4.43. The molecule has 0 saturated carbocycles. The van der Waals surface area contributed by atoms with Gasteiger partial charge in [0.1, 0.15) is 0 Å². The summed E-state index contributed by atoms with van der Waals surface area (Å²) in [6.07, 6.45) is 2.43. The van der Waals surface area contributed by atoms with Gasteiger partial charge in [-0.2, -0.15) is 0 Å². The van der Waals surface area contributed by atoms with Crippen LogP contribution in [0.1, 0.15) is 29.8 Å². The fraction of sp³-hybridized carbons (Fsp3) is 0.636. The lowest BCUT2D eigenvalue weighted by Gasteiger charge is -2.34. The van der Waals surface area contributed by atoms with Crippen LogP contribution in [-0.4, -0.2) is 24.5 Å². The molecule has 2 heterocycles. The standard InChI is InChI=1S/C11H18N2S/c1-2-5-13-6-3-11-9(4-7-14-11)10(13)8-12/h4,7,10H,2-3,5-6,8,12H2,1H3. The molecule has 0 aliphatic carbocycles. The van der Waals surface area contributed by atoms with Crippen LogP contribution in [0.2, 0.25) is 0 Å². The van der Waals surface area contributed by atoms with Crippen LogP contribution in [0.3, 0.4) is 0 Å². The second-order valence-electron chi connectivity index (χ2n) is 3.84. The summed E-state index contributed by atoms with van der Waals surface area (Å²) < 4.78 is 0. The van der Waals surface area contributed by atoms with Gasteiger partial charge in [0.25, 0.3) is 0 Å². The van der Waals surface area contributed by atoms with Gasteiger partial charge in [0.15, 0.2) is 0 Å². The smallest absolute Gasteiger partial charge is 0.0481 e. The predicted octanol–water partition coefficient (Wildman–Crippen LogP) is 2.02. The first-order chi connectivity index (χ1) is 6.86. The summed E-state index contributed by atoms with van der Waals surface area (Å²) in [4.78, 5) is 4.07. The molecule has 0 amide bonds. The number of hydrogen-bond donors (Lipinski definition) is 1. The highest BCUT2D eigenvalue weighted by Crippen LogP contribution is 2.32. The van der Waals surface area contributed by atoms with E-state index in [4.69, 9.17) is 5.73 Å². The quantitative estimate of drug-likeness (QED) is 0.827. The van der Waals surface area contributed by atoms with E-state index in [0.29, 0.717) is 6.04 Å². The van der Waals surface area contributed by atoms with Crippen molar-refractivity contribution in [1.29, 1.82) is 0 Å². The van der Waals surface area contributed by atoms with E-state index < -0.39 is 0 Å². The Balaban J connectivity index is 2.20. The summed E-state index contributed by atoms with van der Waals surface area (Å²) in [5.74, 6) is 0. The minimum atomic E-state index is 0.477. The second-order valence-corrected chi connectivity index (χ2v) is 4.84. The average Bonchev–Trinajstić information content (AvgIpc) is 2.66. The van der Waals surface area contributed by atoms with Crippen LogP contribution in [0.5, 0.6) is 0 Å². The molecular formula is C11H18N2S. The number of rotatable bonds is 3. The highest BCUT2D eigenvalue weighted by molar-refractivity contribution is 7.10. The van der Waals surface area contributed by atoms with E-state index in [9.17, 15) is 0 Å². The molecule has 0 spiro atoms. The topological polar surface area (TPSA) is 29.3 Å². The van der Waals surface area contributed by atoms with Crippen molar-refractivity contribution in [2.75, 3.05) is 19.6 Å². The Morgan fingerprint density at radius 2 is 2.50 bits per heavy atom. The van der Waals surface area contributed by atoms with E-state index >= 15 is 0 Å². The van der Waals surface area contributed by atoms with Gasteiger partial charge in [0.2, 0.25) is 0 Å². The third-order valence-corrected chi connectivity index (χ3v) is 3.94. The highest BCUT2D eigenvalue weighted by Gasteiger charge is 2.25. The first kappa shape index (κ1) is 10.1. The lowest BCUT2D eigenvalue weighted by atomic mass is 10.00. The van der Waals surface area contributed by atoms with Gasteiger partial charge in [-0.05, 0) is 36.4 Å². The van der Waals surface area contributed by atoms with E-state index in [1.165, 1.54) is 31.5 Å². The Morgan fingerprint density at radius 3 is 3.21 bits per heavy atom. The molecule has 1 atom stereocenters. The van der Waals surface area contributed by atoms with Crippen molar-refractivity contribution >= 4 is 11.3 Å². The van der Waals surface area contributed by atoms with Crippen molar-refractivity contribution < 1.29 is 0 Å². The van der Waals surface area contributed by atoms with Crippen LogP contribution >= 0.6 is 11.3 Å². The van der Waals surface area contributed by atoms with E-state index in [1.807, 2.05) is 11.3 Å². The van der Waals surface area contributed by atoms with Crippen molar-refractivity contribution in [1.82, 2.24) is 4.90 Å². The maximum absolute atomic E-state index is 5.86. The SMILES string of the molecule is CCCN1CCc2sccc2C1CN. The lowest BCUT2D eigenvalue weighted by molar-refractivity contribution is 0.192. The van der Waals surface area contributed by atoms with Gasteiger partial charge in [-0.1, -0.05) is 6.92 Å². The summed E-state index contributed by atoms with van der Waals surface area (Å²) in [6, 6.07) is 2.73. The highest BCUT2D eigenvalue weighted by atomic mass is 32.1. The van der Waals surface area contributed by atoms with Crippen molar-refractivity contribution in [2.24, 2.45) is 5.73 Å². The number of fused-ring (bicyclic) bond motifs is 1. The van der Waals surface area contributed by atoms with Crippen LogP contribution in [-0.2, 0) is 6.42 Å². The molecule has 1 aromatic rings. The van der Waals surface area contributed by atoms with E-state index in [0.717, 1.165) is 6.54 Å². The van der Waals surface area contributed by atoms with Gasteiger partial charge in [-0.3, -0.25) is 4.90 Å². The lowest BCUT2D eigenvalue weighted by Crippen LogP contribution is -2.39. The molecular weight excluding hydrogens is 192 g/mol. The van der Waals surface area contributed by atoms with Crippen LogP contribution in [0.25, 0.3) is 0 Å². The van der Waals surface area contributed by atoms with Crippen molar-refractivity contribution in [2.45, 2.75) is 25.8 Å². The number of nitrogens with two attached hydrogens (primary N) is 1. The average molecular weight is 210 g/mol. The maximum atomic E-state index is 5.86. The van der Waals surface area contributed by atoms with Gasteiger partial charge in [-0.25, -0.2) is 0 Å². The number of thiophene rings is 1. The molecule has 14 heavy (non-hydrogen) atoms. The molecule has 1 unspecified atom stereocenters. The Morgan fingerprint density at radius 1 is 1.64 bits per heavy atom. The fourth-order valence-electron chi connectivity index (χ4n) is 2.28. The molecule has 0 aromatic carbocycles. The summed E-state index contributed by atoms with van der Waals surface area (Å²) in [6.45, 7) is 5.35. The molecule has 0 fully saturated rings. The molecule has 3 heteroatoms. The predicted molar refractivity (Wildman–Crippen MR) is 61.7 cm³/mol. The summed E-state index contributed by atoms with van der Waals surface area (Å²) in [5, 5.41) is 2.20. The van der Waals surface area contributed by atoms with Gasteiger partial charge < -0.3 is 5.73 Å². The van der Waals surface area contributed by atoms with Crippen molar-refractivity contribution in [3.8, 4) is 0 Å². The molecule has 0 radical (unpaired) electrons. The fourth-order valence-corrected chi connectivity index (χ4v) is 3.21. The summed E-state index contributed by atoms with van der Waals surface area (Å²) in [7, 11) is 0. The Kier molecular flexibility index (Phi) is 3.21. The minimum absolute atomic E-state index is 0.477. The molecule has 2 N–H and O–H groups in total. The number of hydrogen-bond acceptors (Lipinski definition) is 3. The van der Waals surface area contributed by atoms with Crippen molar-refractivity contribution in [3.63, 3.8) is 0 Å². The third kappa shape index (κ3) is 1.72. The zero-order valence-electron chi connectivity index (χ0n) is 8.70. The molecule has 2 nitrogen and oxygen atoms in total. The van der Waals surface area contributed by atoms with Crippen LogP contribution in [0.4, 0.5) is 0 Å². The molecule has 1 aliphatic rings. The molecule has 0 saturated heterocycles. The van der Waals surface area contributed by atoms with Crippen molar-refractivity contribution in [3.05, 3.63) is 21.9 Å². The van der Waals surface area contributed by atoms with E-state index in [1.54, 1.807) is 4.88 Å². The zero-order valence-corrected chi connectivity index (χ0v) is 9.52. The van der Waals surface area contributed by atoms with E-state index in [-0.39, 0.29) is 0 Å². The molecule has 78 valence electrons. The van der Waals surface area contributed by atoms with Crippen LogP contribution in [0, 0.1) is 0 Å². The first-order valence-corrected chi connectivity index (χ1v) is 6.25. The van der Waals surface area contributed by atoms with Crippen LogP contribution in [0.15, 0.2) is 11.4 Å². The summed E-state index contributed by atoms with van der Waals surface area (Å²) >= 11 is 1.88.